The van der Waals surface area contributed by atoms with Gasteiger partial charge in [-0.25, -0.2) is 0 Å². The molecule has 1 aromatic rings. The number of ether oxygens (including phenoxy) is 2. The number of allylic oxidation sites excluding steroid dienone is 1. The average Bonchev–Trinajstić information content (AvgIpc) is 2.36. The largest absolute Gasteiger partial charge is 0.493 e. The third-order valence-corrected chi connectivity index (χ3v) is 2.98. The Morgan fingerprint density at radius 1 is 1.37 bits per heavy atom. The molecule has 0 fully saturated rings. The fourth-order valence-corrected chi connectivity index (χ4v) is 1.97. The van der Waals surface area contributed by atoms with Gasteiger partial charge in [-0.2, -0.15) is 8.78 Å². The van der Waals surface area contributed by atoms with E-state index in [9.17, 15) is 8.78 Å². The number of methoxy groups -OCH3 is 1. The zero-order valence-electron chi connectivity index (χ0n) is 11.1. The molecule has 1 rings (SSSR count). The molecule has 0 aliphatic rings. The zero-order chi connectivity index (χ0) is 14.4. The average molecular weight is 291 g/mol. The second-order valence-electron chi connectivity index (χ2n) is 4.26. The third-order valence-electron chi connectivity index (χ3n) is 2.67. The summed E-state index contributed by atoms with van der Waals surface area (Å²) in [6.07, 6.45) is 1.76. The second kappa shape index (κ2) is 7.34. The van der Waals surface area contributed by atoms with Crippen LogP contribution in [0.15, 0.2) is 23.8 Å². The molecule has 2 nitrogen and oxygen atoms in total. The molecule has 0 radical (unpaired) electrons. The monoisotopic (exact) mass is 290 g/mol. The van der Waals surface area contributed by atoms with E-state index in [1.165, 1.54) is 7.11 Å². The Morgan fingerprint density at radius 2 is 2.05 bits per heavy atom. The molecule has 0 aromatic heterocycles. The molecule has 0 saturated carbocycles. The molecule has 0 unspecified atom stereocenters. The maximum atomic E-state index is 12.5. The number of halogens is 3. The van der Waals surface area contributed by atoms with Crippen molar-refractivity contribution in [2.24, 2.45) is 5.92 Å². The summed E-state index contributed by atoms with van der Waals surface area (Å²) in [5.74, 6) is 0.862. The van der Waals surface area contributed by atoms with Crippen LogP contribution in [0.25, 0.3) is 6.08 Å². The molecule has 0 N–H and O–H groups in total. The summed E-state index contributed by atoms with van der Waals surface area (Å²) >= 11 is 5.86. The summed E-state index contributed by atoms with van der Waals surface area (Å²) in [6, 6.07) is 4.98. The van der Waals surface area contributed by atoms with Gasteiger partial charge in [-0.15, -0.1) is 11.6 Å². The highest BCUT2D eigenvalue weighted by atomic mass is 35.5. The summed E-state index contributed by atoms with van der Waals surface area (Å²) in [5, 5.41) is 0. The molecule has 19 heavy (non-hydrogen) atoms. The van der Waals surface area contributed by atoms with E-state index in [4.69, 9.17) is 16.3 Å². The minimum absolute atomic E-state index is 0.0308. The summed E-state index contributed by atoms with van der Waals surface area (Å²) in [4.78, 5) is 0. The molecule has 5 heteroatoms. The first-order chi connectivity index (χ1) is 8.99. The molecular weight excluding hydrogens is 274 g/mol. The van der Waals surface area contributed by atoms with Gasteiger partial charge in [-0.05, 0) is 12.0 Å². The Hall–Kier alpha value is -1.29. The zero-order valence-corrected chi connectivity index (χ0v) is 11.9. The minimum atomic E-state index is -2.90. The van der Waals surface area contributed by atoms with Gasteiger partial charge in [0, 0.05) is 11.4 Å². The van der Waals surface area contributed by atoms with Crippen molar-refractivity contribution in [3.63, 3.8) is 0 Å². The van der Waals surface area contributed by atoms with E-state index >= 15 is 0 Å². The van der Waals surface area contributed by atoms with Crippen LogP contribution in [0.5, 0.6) is 11.5 Å². The van der Waals surface area contributed by atoms with Gasteiger partial charge in [0.05, 0.1) is 7.11 Å². The Balaban J connectivity index is 3.25. The highest BCUT2D eigenvalue weighted by Gasteiger charge is 2.15. The van der Waals surface area contributed by atoms with Crippen LogP contribution in [0, 0.1) is 5.92 Å². The van der Waals surface area contributed by atoms with Gasteiger partial charge in [0.25, 0.3) is 0 Å². The number of rotatable bonds is 6. The maximum absolute atomic E-state index is 12.5. The first-order valence-corrected chi connectivity index (χ1v) is 6.41. The number of hydrogen-bond donors (Lipinski definition) is 0. The summed E-state index contributed by atoms with van der Waals surface area (Å²) in [6.45, 7) is 1.08. The lowest BCUT2D eigenvalue weighted by molar-refractivity contribution is -0.0513. The van der Waals surface area contributed by atoms with Gasteiger partial charge in [-0.1, -0.05) is 37.6 Å². The van der Waals surface area contributed by atoms with Crippen molar-refractivity contribution in [3.8, 4) is 11.5 Å². The van der Waals surface area contributed by atoms with Crippen molar-refractivity contribution in [1.82, 2.24) is 0 Å². The van der Waals surface area contributed by atoms with E-state index in [-0.39, 0.29) is 17.4 Å². The Bertz CT molecular complexity index is 445. The number of para-hydroxylation sites is 1. The Labute approximate surface area is 117 Å². The molecule has 0 spiro atoms. The van der Waals surface area contributed by atoms with Crippen molar-refractivity contribution in [2.75, 3.05) is 13.0 Å². The third kappa shape index (κ3) is 4.39. The van der Waals surface area contributed by atoms with E-state index in [2.05, 4.69) is 4.74 Å². The summed E-state index contributed by atoms with van der Waals surface area (Å²) in [7, 11) is 1.41. The van der Waals surface area contributed by atoms with Crippen LogP contribution in [-0.2, 0) is 0 Å². The molecule has 0 saturated heterocycles. The van der Waals surface area contributed by atoms with E-state index in [1.54, 1.807) is 24.3 Å². The van der Waals surface area contributed by atoms with E-state index in [1.807, 2.05) is 13.8 Å². The predicted molar refractivity (Wildman–Crippen MR) is 73.2 cm³/mol. The smallest absolute Gasteiger partial charge is 0.387 e. The maximum Gasteiger partial charge on any atom is 0.387 e. The topological polar surface area (TPSA) is 18.5 Å². The molecule has 1 aromatic carbocycles. The quantitative estimate of drug-likeness (QED) is 0.714. The molecule has 0 aliphatic carbocycles. The molecule has 106 valence electrons. The SMILES string of the molecule is COc1cccc(C=C(CCl)C(C)C)c1OC(F)F. The van der Waals surface area contributed by atoms with Crippen LogP contribution < -0.4 is 9.47 Å². The van der Waals surface area contributed by atoms with E-state index < -0.39 is 6.61 Å². The van der Waals surface area contributed by atoms with Crippen LogP contribution in [0.2, 0.25) is 0 Å². The number of alkyl halides is 3. The Kier molecular flexibility index (Phi) is 6.09. The van der Waals surface area contributed by atoms with Crippen LogP contribution >= 0.6 is 11.6 Å². The normalized spacial score (nSPS) is 12.1. The lowest BCUT2D eigenvalue weighted by atomic mass is 10.0. The standard InChI is InChI=1S/C14H17ClF2O2/c1-9(2)11(8-15)7-10-5-4-6-12(18-3)13(10)19-14(16)17/h4-7,9,14H,8H2,1-3H3. The van der Waals surface area contributed by atoms with Crippen LogP contribution in [0.4, 0.5) is 8.78 Å². The summed E-state index contributed by atoms with van der Waals surface area (Å²) in [5.41, 5.74) is 1.47. The van der Waals surface area contributed by atoms with Crippen molar-refractivity contribution < 1.29 is 18.3 Å². The van der Waals surface area contributed by atoms with Gasteiger partial charge in [0.15, 0.2) is 11.5 Å². The molecule has 0 amide bonds. The first-order valence-electron chi connectivity index (χ1n) is 5.87. The molecule has 0 bridgehead atoms. The van der Waals surface area contributed by atoms with Gasteiger partial charge in [0.1, 0.15) is 0 Å². The molecule has 0 aliphatic heterocycles. The van der Waals surface area contributed by atoms with Crippen LogP contribution in [-0.4, -0.2) is 19.6 Å². The van der Waals surface area contributed by atoms with Gasteiger partial charge in [-0.3, -0.25) is 0 Å². The van der Waals surface area contributed by atoms with Gasteiger partial charge >= 0.3 is 6.61 Å². The van der Waals surface area contributed by atoms with Crippen molar-refractivity contribution in [3.05, 3.63) is 29.3 Å². The van der Waals surface area contributed by atoms with Crippen molar-refractivity contribution in [1.29, 1.82) is 0 Å². The lowest BCUT2D eigenvalue weighted by Gasteiger charge is -2.14. The highest BCUT2D eigenvalue weighted by Crippen LogP contribution is 2.34. The van der Waals surface area contributed by atoms with Crippen molar-refractivity contribution in [2.45, 2.75) is 20.5 Å². The van der Waals surface area contributed by atoms with Crippen molar-refractivity contribution >= 4 is 17.7 Å². The minimum Gasteiger partial charge on any atom is -0.493 e. The molecular formula is C14H17ClF2O2. The van der Waals surface area contributed by atoms with Crippen LogP contribution in [0.1, 0.15) is 19.4 Å². The fourth-order valence-electron chi connectivity index (χ4n) is 1.58. The van der Waals surface area contributed by atoms with Crippen LogP contribution in [0.3, 0.4) is 0 Å². The van der Waals surface area contributed by atoms with E-state index in [0.29, 0.717) is 11.4 Å². The number of benzene rings is 1. The Morgan fingerprint density at radius 3 is 2.53 bits per heavy atom. The number of hydrogen-bond acceptors (Lipinski definition) is 2. The molecule has 0 heterocycles. The second-order valence-corrected chi connectivity index (χ2v) is 4.53. The predicted octanol–water partition coefficient (Wildman–Crippen LogP) is 4.57. The first kappa shape index (κ1) is 15.8. The highest BCUT2D eigenvalue weighted by molar-refractivity contribution is 6.19. The lowest BCUT2D eigenvalue weighted by Crippen LogP contribution is -2.05. The van der Waals surface area contributed by atoms with Gasteiger partial charge < -0.3 is 9.47 Å². The van der Waals surface area contributed by atoms with Gasteiger partial charge in [0.2, 0.25) is 0 Å². The molecule has 0 atom stereocenters. The van der Waals surface area contributed by atoms with E-state index in [0.717, 1.165) is 5.57 Å². The fraction of sp³-hybridized carbons (Fsp3) is 0.429. The summed E-state index contributed by atoms with van der Waals surface area (Å²) < 4.78 is 34.5.